The number of halogens is 1. The van der Waals surface area contributed by atoms with Crippen molar-refractivity contribution in [3.05, 3.63) is 35.4 Å². The first kappa shape index (κ1) is 11.8. The first-order chi connectivity index (χ1) is 9.03. The molecule has 1 unspecified atom stereocenters. The third kappa shape index (κ3) is 1.89. The van der Waals surface area contributed by atoms with E-state index < -0.39 is 5.82 Å². The predicted octanol–water partition coefficient (Wildman–Crippen LogP) is 3.26. The molecule has 2 aromatic rings. The molecule has 0 amide bonds. The second-order valence-electron chi connectivity index (χ2n) is 5.48. The quantitative estimate of drug-likeness (QED) is 0.828. The van der Waals surface area contributed by atoms with Crippen LogP contribution in [0.15, 0.2) is 22.7 Å². The normalized spacial score (nSPS) is 20.0. The lowest BCUT2D eigenvalue weighted by Gasteiger charge is -1.98. The van der Waals surface area contributed by atoms with Gasteiger partial charge in [0.25, 0.3) is 5.89 Å². The van der Waals surface area contributed by atoms with Crippen molar-refractivity contribution in [2.75, 3.05) is 0 Å². The molecule has 0 spiro atoms. The van der Waals surface area contributed by atoms with Gasteiger partial charge in [0.15, 0.2) is 5.82 Å². The molecule has 1 saturated carbocycles. The van der Waals surface area contributed by atoms with E-state index in [1.54, 1.807) is 6.07 Å². The third-order valence-electron chi connectivity index (χ3n) is 3.62. The molecule has 1 fully saturated rings. The largest absolute Gasteiger partial charge is 0.334 e. The van der Waals surface area contributed by atoms with E-state index in [0.717, 1.165) is 6.42 Å². The maximum Gasteiger partial charge on any atom is 0.259 e. The summed E-state index contributed by atoms with van der Waals surface area (Å²) in [5, 5.41) is 12.9. The topological polar surface area (TPSA) is 62.7 Å². The molecule has 1 aromatic carbocycles. The minimum Gasteiger partial charge on any atom is -0.334 e. The summed E-state index contributed by atoms with van der Waals surface area (Å²) in [4.78, 5) is 4.29. The van der Waals surface area contributed by atoms with Gasteiger partial charge in [0.1, 0.15) is 17.4 Å². The molecule has 1 heterocycles. The molecular weight excluding hydrogens is 245 g/mol. The molecule has 96 valence electrons. The molecule has 1 aliphatic rings. The fourth-order valence-corrected chi connectivity index (χ4v) is 2.21. The Bertz CT molecular complexity index is 684. The van der Waals surface area contributed by atoms with Crippen LogP contribution in [0.25, 0.3) is 11.5 Å². The number of aromatic nitrogens is 2. The molecule has 4 nitrogen and oxygen atoms in total. The van der Waals surface area contributed by atoms with Crippen molar-refractivity contribution >= 4 is 0 Å². The minimum absolute atomic E-state index is 0.0623. The molecule has 5 heteroatoms. The van der Waals surface area contributed by atoms with Gasteiger partial charge < -0.3 is 4.52 Å². The Labute approximate surface area is 109 Å². The van der Waals surface area contributed by atoms with Gasteiger partial charge >= 0.3 is 0 Å². The lowest BCUT2D eigenvalue weighted by atomic mass is 10.1. The fourth-order valence-electron chi connectivity index (χ4n) is 2.21. The zero-order valence-electron chi connectivity index (χ0n) is 10.6. The summed E-state index contributed by atoms with van der Waals surface area (Å²) >= 11 is 0. The van der Waals surface area contributed by atoms with Gasteiger partial charge in [-0.2, -0.15) is 10.2 Å². The Morgan fingerprint density at radius 1 is 1.47 bits per heavy atom. The van der Waals surface area contributed by atoms with Crippen LogP contribution in [0.3, 0.4) is 0 Å². The predicted molar refractivity (Wildman–Crippen MR) is 65.5 cm³/mol. The summed E-state index contributed by atoms with van der Waals surface area (Å²) in [6, 6.07) is 6.20. The monoisotopic (exact) mass is 257 g/mol. The van der Waals surface area contributed by atoms with Crippen LogP contribution in [0.5, 0.6) is 0 Å². The van der Waals surface area contributed by atoms with Gasteiger partial charge in [0.2, 0.25) is 0 Å². The van der Waals surface area contributed by atoms with E-state index in [1.165, 1.54) is 12.1 Å². The molecule has 0 radical (unpaired) electrons. The van der Waals surface area contributed by atoms with Crippen molar-refractivity contribution in [3.63, 3.8) is 0 Å². The van der Waals surface area contributed by atoms with Crippen molar-refractivity contribution < 1.29 is 8.91 Å². The van der Waals surface area contributed by atoms with Crippen LogP contribution in [-0.4, -0.2) is 10.1 Å². The van der Waals surface area contributed by atoms with Crippen LogP contribution in [0, 0.1) is 22.6 Å². The SMILES string of the molecule is CC1(C)CC1c1noc(-c2cccc(F)c2C#N)n1. The van der Waals surface area contributed by atoms with E-state index in [1.807, 2.05) is 6.07 Å². The first-order valence-corrected chi connectivity index (χ1v) is 6.05. The Hall–Kier alpha value is -2.22. The highest BCUT2D eigenvalue weighted by molar-refractivity contribution is 5.63. The minimum atomic E-state index is -0.577. The van der Waals surface area contributed by atoms with Crippen LogP contribution in [-0.2, 0) is 0 Å². The van der Waals surface area contributed by atoms with Crippen molar-refractivity contribution in [1.82, 2.24) is 10.1 Å². The average molecular weight is 257 g/mol. The highest BCUT2D eigenvalue weighted by Crippen LogP contribution is 2.57. The number of hydrogen-bond acceptors (Lipinski definition) is 4. The van der Waals surface area contributed by atoms with Gasteiger partial charge in [0.05, 0.1) is 5.56 Å². The van der Waals surface area contributed by atoms with E-state index in [4.69, 9.17) is 9.78 Å². The summed E-state index contributed by atoms with van der Waals surface area (Å²) in [6.45, 7) is 4.27. The van der Waals surface area contributed by atoms with Gasteiger partial charge in [-0.15, -0.1) is 0 Å². The molecule has 0 bridgehead atoms. The highest BCUT2D eigenvalue weighted by Gasteiger charge is 2.49. The Morgan fingerprint density at radius 2 is 2.21 bits per heavy atom. The number of rotatable bonds is 2. The van der Waals surface area contributed by atoms with Gasteiger partial charge in [-0.05, 0) is 24.0 Å². The molecule has 0 N–H and O–H groups in total. The maximum absolute atomic E-state index is 13.5. The van der Waals surface area contributed by atoms with Gasteiger partial charge in [-0.1, -0.05) is 25.1 Å². The summed E-state index contributed by atoms with van der Waals surface area (Å²) in [5.41, 5.74) is 0.480. The van der Waals surface area contributed by atoms with E-state index in [2.05, 4.69) is 24.0 Å². The third-order valence-corrected chi connectivity index (χ3v) is 3.62. The number of nitriles is 1. The van der Waals surface area contributed by atoms with Gasteiger partial charge in [0, 0.05) is 5.92 Å². The zero-order valence-corrected chi connectivity index (χ0v) is 10.6. The highest BCUT2D eigenvalue weighted by atomic mass is 19.1. The van der Waals surface area contributed by atoms with E-state index in [0.29, 0.717) is 11.4 Å². The smallest absolute Gasteiger partial charge is 0.259 e. The molecule has 1 aliphatic carbocycles. The van der Waals surface area contributed by atoms with Crippen molar-refractivity contribution in [3.8, 4) is 17.5 Å². The van der Waals surface area contributed by atoms with Crippen LogP contribution in [0.4, 0.5) is 4.39 Å². The average Bonchev–Trinajstić information content (AvgIpc) is 2.82. The van der Waals surface area contributed by atoms with Crippen molar-refractivity contribution in [2.45, 2.75) is 26.2 Å². The van der Waals surface area contributed by atoms with E-state index in [-0.39, 0.29) is 22.8 Å². The Kier molecular flexibility index (Phi) is 2.42. The van der Waals surface area contributed by atoms with E-state index >= 15 is 0 Å². The second kappa shape index (κ2) is 3.89. The van der Waals surface area contributed by atoms with Crippen LogP contribution in [0.1, 0.15) is 37.6 Å². The van der Waals surface area contributed by atoms with E-state index in [9.17, 15) is 4.39 Å². The van der Waals surface area contributed by atoms with Crippen LogP contribution in [0.2, 0.25) is 0 Å². The Morgan fingerprint density at radius 3 is 2.84 bits per heavy atom. The van der Waals surface area contributed by atoms with Gasteiger partial charge in [-0.25, -0.2) is 4.39 Å². The first-order valence-electron chi connectivity index (χ1n) is 6.05. The maximum atomic E-state index is 13.5. The van der Waals surface area contributed by atoms with Crippen LogP contribution >= 0.6 is 0 Å². The zero-order chi connectivity index (χ0) is 13.6. The molecule has 0 saturated heterocycles. The van der Waals surface area contributed by atoms with Gasteiger partial charge in [-0.3, -0.25) is 0 Å². The summed E-state index contributed by atoms with van der Waals surface area (Å²) in [6.07, 6.45) is 1.01. The summed E-state index contributed by atoms with van der Waals surface area (Å²) in [7, 11) is 0. The standard InChI is InChI=1S/C14H12FN3O/c1-14(2)6-10(14)12-17-13(19-18-12)8-4-3-5-11(15)9(8)7-16/h3-5,10H,6H2,1-2H3. The van der Waals surface area contributed by atoms with Crippen molar-refractivity contribution in [1.29, 1.82) is 5.26 Å². The lowest BCUT2D eigenvalue weighted by molar-refractivity contribution is 0.419. The molecule has 3 rings (SSSR count). The number of nitrogens with zero attached hydrogens (tertiary/aromatic N) is 3. The van der Waals surface area contributed by atoms with Crippen molar-refractivity contribution in [2.24, 2.45) is 5.41 Å². The fraction of sp³-hybridized carbons (Fsp3) is 0.357. The molecule has 1 atom stereocenters. The van der Waals surface area contributed by atoms with Crippen LogP contribution < -0.4 is 0 Å². The summed E-state index contributed by atoms with van der Waals surface area (Å²) in [5.74, 6) is 0.539. The molecule has 0 aliphatic heterocycles. The molecule has 1 aromatic heterocycles. The summed E-state index contributed by atoms with van der Waals surface area (Å²) < 4.78 is 18.7. The Balaban J connectivity index is 2.01. The molecular formula is C14H12FN3O. The second-order valence-corrected chi connectivity index (χ2v) is 5.48. The lowest BCUT2D eigenvalue weighted by Crippen LogP contribution is -1.93. The molecule has 19 heavy (non-hydrogen) atoms. The number of hydrogen-bond donors (Lipinski definition) is 0. The number of benzene rings is 1.